The van der Waals surface area contributed by atoms with Gasteiger partial charge in [-0.25, -0.2) is 0 Å². The second-order valence-corrected chi connectivity index (χ2v) is 7.94. The van der Waals surface area contributed by atoms with Gasteiger partial charge in [0.1, 0.15) is 0 Å². The third kappa shape index (κ3) is 4.66. The van der Waals surface area contributed by atoms with Crippen LogP contribution < -0.4 is 0 Å². The van der Waals surface area contributed by atoms with Gasteiger partial charge in [-0.1, -0.05) is 30.7 Å². The van der Waals surface area contributed by atoms with E-state index in [2.05, 4.69) is 41.8 Å². The Morgan fingerprint density at radius 3 is 2.38 bits per heavy atom. The van der Waals surface area contributed by atoms with E-state index in [0.717, 1.165) is 58.5 Å². The second-order valence-electron chi connectivity index (χ2n) is 7.94. The van der Waals surface area contributed by atoms with Gasteiger partial charge in [-0.05, 0) is 50.7 Å². The van der Waals surface area contributed by atoms with Crippen LogP contribution in [-0.2, 0) is 16.1 Å². The van der Waals surface area contributed by atoms with E-state index in [-0.39, 0.29) is 0 Å². The maximum atomic E-state index is 12.6. The number of amides is 1. The predicted molar refractivity (Wildman–Crippen MR) is 105 cm³/mol. The normalized spacial score (nSPS) is 20.3. The van der Waals surface area contributed by atoms with Crippen molar-refractivity contribution in [1.82, 2.24) is 9.80 Å². The molecule has 0 aromatic heterocycles. The lowest BCUT2D eigenvalue weighted by atomic mass is 9.96. The van der Waals surface area contributed by atoms with Crippen LogP contribution in [0.3, 0.4) is 0 Å². The molecule has 26 heavy (non-hydrogen) atoms. The summed E-state index contributed by atoms with van der Waals surface area (Å²) in [4.78, 5) is 17.4. The van der Waals surface area contributed by atoms with Crippen LogP contribution >= 0.6 is 0 Å². The van der Waals surface area contributed by atoms with Crippen LogP contribution in [-0.4, -0.2) is 54.1 Å². The number of hydrogen-bond donors (Lipinski definition) is 0. The molecule has 0 aliphatic carbocycles. The number of likely N-dealkylation sites (tertiary alicyclic amines) is 1. The summed E-state index contributed by atoms with van der Waals surface area (Å²) < 4.78 is 5.51. The number of piperidine rings is 1. The third-order valence-corrected chi connectivity index (χ3v) is 6.02. The average Bonchev–Trinajstić information content (AvgIpc) is 2.66. The number of carbonyl (C=O) groups excluding carboxylic acids is 1. The number of ether oxygens (including phenoxy) is 1. The summed E-state index contributed by atoms with van der Waals surface area (Å²) in [7, 11) is 0. The van der Waals surface area contributed by atoms with Gasteiger partial charge in [-0.3, -0.25) is 9.69 Å². The van der Waals surface area contributed by atoms with Gasteiger partial charge in [-0.15, -0.1) is 0 Å². The highest BCUT2D eigenvalue weighted by Gasteiger charge is 2.33. The van der Waals surface area contributed by atoms with Crippen molar-refractivity contribution in [1.29, 1.82) is 0 Å². The molecule has 1 aromatic rings. The average molecular weight is 359 g/mol. The van der Waals surface area contributed by atoms with Crippen molar-refractivity contribution >= 4 is 5.91 Å². The maximum absolute atomic E-state index is 12.6. The van der Waals surface area contributed by atoms with Crippen molar-refractivity contribution in [2.24, 2.45) is 0 Å². The highest BCUT2D eigenvalue weighted by atomic mass is 16.5. The number of aryl methyl sites for hydroxylation is 2. The molecule has 4 heteroatoms. The smallest absolute Gasteiger partial charge is 0.222 e. The zero-order chi connectivity index (χ0) is 18.5. The van der Waals surface area contributed by atoms with Gasteiger partial charge in [0.2, 0.25) is 5.91 Å². The molecule has 2 fully saturated rings. The molecule has 0 N–H and O–H groups in total. The summed E-state index contributed by atoms with van der Waals surface area (Å²) in [6.45, 7) is 11.1. The molecule has 2 aliphatic heterocycles. The lowest BCUT2D eigenvalue weighted by Crippen LogP contribution is -2.52. The highest BCUT2D eigenvalue weighted by Crippen LogP contribution is 2.26. The minimum Gasteiger partial charge on any atom is -0.381 e. The van der Waals surface area contributed by atoms with Gasteiger partial charge in [0.25, 0.3) is 0 Å². The van der Waals surface area contributed by atoms with E-state index < -0.39 is 0 Å². The predicted octanol–water partition coefficient (Wildman–Crippen LogP) is 3.69. The van der Waals surface area contributed by atoms with Crippen LogP contribution in [0.25, 0.3) is 0 Å². The van der Waals surface area contributed by atoms with E-state index in [1.54, 1.807) is 0 Å². The van der Waals surface area contributed by atoms with Crippen molar-refractivity contribution in [2.75, 3.05) is 26.3 Å². The summed E-state index contributed by atoms with van der Waals surface area (Å²) in [5, 5.41) is 0. The second kappa shape index (κ2) is 9.01. The van der Waals surface area contributed by atoms with E-state index >= 15 is 0 Å². The molecule has 0 spiro atoms. The molecule has 0 saturated carbocycles. The topological polar surface area (TPSA) is 32.8 Å². The molecule has 3 rings (SSSR count). The van der Waals surface area contributed by atoms with Crippen molar-refractivity contribution < 1.29 is 9.53 Å². The Kier molecular flexibility index (Phi) is 6.71. The van der Waals surface area contributed by atoms with E-state index in [4.69, 9.17) is 4.74 Å². The van der Waals surface area contributed by atoms with Crippen molar-refractivity contribution in [3.05, 3.63) is 34.9 Å². The molecule has 4 nitrogen and oxygen atoms in total. The van der Waals surface area contributed by atoms with Crippen LogP contribution in [0.15, 0.2) is 18.2 Å². The molecule has 2 heterocycles. The summed E-state index contributed by atoms with van der Waals surface area (Å²) in [6.07, 6.45) is 4.78. The third-order valence-electron chi connectivity index (χ3n) is 6.02. The highest BCUT2D eigenvalue weighted by molar-refractivity contribution is 5.76. The number of carbonyl (C=O) groups is 1. The van der Waals surface area contributed by atoms with Crippen LogP contribution in [0.2, 0.25) is 0 Å². The zero-order valence-corrected chi connectivity index (χ0v) is 16.7. The molecule has 0 bridgehead atoms. The molecular weight excluding hydrogens is 324 g/mol. The molecular formula is C22H34N2O2. The molecule has 2 aliphatic rings. The molecule has 144 valence electrons. The van der Waals surface area contributed by atoms with Crippen molar-refractivity contribution in [2.45, 2.75) is 71.5 Å². The fourth-order valence-electron chi connectivity index (χ4n) is 4.47. The van der Waals surface area contributed by atoms with E-state index in [1.165, 1.54) is 16.7 Å². The minimum atomic E-state index is 0.324. The monoisotopic (exact) mass is 358 g/mol. The van der Waals surface area contributed by atoms with Crippen molar-refractivity contribution in [3.63, 3.8) is 0 Å². The fourth-order valence-corrected chi connectivity index (χ4v) is 4.47. The molecule has 1 amide bonds. The van der Waals surface area contributed by atoms with E-state index in [9.17, 15) is 4.79 Å². The summed E-state index contributed by atoms with van der Waals surface area (Å²) in [6, 6.07) is 7.54. The Balaban J connectivity index is 1.59. The lowest BCUT2D eigenvalue weighted by Gasteiger charge is -2.43. The van der Waals surface area contributed by atoms with Crippen molar-refractivity contribution in [3.8, 4) is 0 Å². The molecule has 2 saturated heterocycles. The Morgan fingerprint density at radius 1 is 1.12 bits per heavy atom. The van der Waals surface area contributed by atoms with E-state index in [1.807, 2.05) is 6.92 Å². The first-order valence-electron chi connectivity index (χ1n) is 10.3. The van der Waals surface area contributed by atoms with Gasteiger partial charge >= 0.3 is 0 Å². The zero-order valence-electron chi connectivity index (χ0n) is 16.7. The Bertz CT molecular complexity index is 602. The Hall–Kier alpha value is -1.39. The van der Waals surface area contributed by atoms with Gasteiger partial charge < -0.3 is 9.64 Å². The first-order chi connectivity index (χ1) is 12.6. The number of nitrogens with zero attached hydrogens (tertiary/aromatic N) is 2. The van der Waals surface area contributed by atoms with Gasteiger partial charge in [0.05, 0.1) is 0 Å². The Labute approximate surface area is 158 Å². The molecule has 1 aromatic carbocycles. The SMILES string of the molecule is CCC(=O)N(C1CCOCC1)C1CCN(Cc2ccc(C)cc2C)CC1. The van der Waals surface area contributed by atoms with Crippen LogP contribution in [0, 0.1) is 13.8 Å². The number of rotatable bonds is 5. The van der Waals surface area contributed by atoms with E-state index in [0.29, 0.717) is 24.4 Å². The van der Waals surface area contributed by atoms with Crippen LogP contribution in [0.4, 0.5) is 0 Å². The lowest BCUT2D eigenvalue weighted by molar-refractivity contribution is -0.139. The standard InChI is InChI=1S/C22H34N2O2/c1-4-22(25)24(21-9-13-26-14-10-21)20-7-11-23(12-8-20)16-19-6-5-17(2)15-18(19)3/h5-6,15,20-21H,4,7-14,16H2,1-3H3. The first-order valence-corrected chi connectivity index (χ1v) is 10.3. The van der Waals surface area contributed by atoms with Gasteiger partial charge in [-0.2, -0.15) is 0 Å². The quantitative estimate of drug-likeness (QED) is 0.805. The van der Waals surface area contributed by atoms with Gasteiger partial charge in [0, 0.05) is 51.4 Å². The Morgan fingerprint density at radius 2 is 1.77 bits per heavy atom. The van der Waals surface area contributed by atoms with Crippen LogP contribution in [0.1, 0.15) is 55.7 Å². The number of benzene rings is 1. The number of hydrogen-bond acceptors (Lipinski definition) is 3. The van der Waals surface area contributed by atoms with Gasteiger partial charge in [0.15, 0.2) is 0 Å². The fraction of sp³-hybridized carbons (Fsp3) is 0.682. The summed E-state index contributed by atoms with van der Waals surface area (Å²) in [5.74, 6) is 0.324. The largest absolute Gasteiger partial charge is 0.381 e. The molecule has 0 radical (unpaired) electrons. The van der Waals surface area contributed by atoms with Crippen LogP contribution in [0.5, 0.6) is 0 Å². The molecule has 0 unspecified atom stereocenters. The maximum Gasteiger partial charge on any atom is 0.222 e. The summed E-state index contributed by atoms with van der Waals surface area (Å²) >= 11 is 0. The summed E-state index contributed by atoms with van der Waals surface area (Å²) in [5.41, 5.74) is 4.15. The molecule has 0 atom stereocenters. The first kappa shape index (κ1) is 19.4. The minimum absolute atomic E-state index is 0.324.